The SMILES string of the molecule is CC(C)(C)c1cc(-c2cc(C(C)(C)C)cc(-c3cc(C(C)(C)C)c(C#N)c(C(C)(C)C)c3O)n2)[c-]c(-c2nc3ccccc3n2-c2ccc(C(C)(C)C)cc2-c2ccccc2)c1.[Pt]. The molecule has 2 aromatic heterocycles. The van der Waals surface area contributed by atoms with E-state index in [9.17, 15) is 10.4 Å². The minimum absolute atomic E-state index is 0. The van der Waals surface area contributed by atoms with Crippen LogP contribution in [0, 0.1) is 17.4 Å². The van der Waals surface area contributed by atoms with Gasteiger partial charge in [0.05, 0.1) is 34.2 Å². The maximum atomic E-state index is 12.2. The van der Waals surface area contributed by atoms with Crippen molar-refractivity contribution in [2.45, 2.75) is 131 Å². The maximum Gasteiger partial charge on any atom is 0.130 e. The van der Waals surface area contributed by atoms with Gasteiger partial charge in [-0.05, 0) is 85.7 Å². The number of hydrogen-bond donors (Lipinski definition) is 1. The number of nitrogens with zero attached hydrogens (tertiary/aromatic N) is 4. The Bertz CT molecular complexity index is 2880. The summed E-state index contributed by atoms with van der Waals surface area (Å²) >= 11 is 0. The fourth-order valence-electron chi connectivity index (χ4n) is 8.30. The fraction of sp³-hybridized carbons (Fsp3) is 0.351. The number of benzene rings is 5. The standard InChI is InChI=1S/C57H63N4O.Pt/c1-53(2,3)38-25-26-48(41(30-38)35-21-17-16-18-22-35)61-49-24-20-19-23-45(49)60-52(61)37-27-36(28-39(29-37)54(4,5)6)46-31-40(55(7,8)9)32-47(59-46)42-33-44(56(10,11)12)43(34-58)50(51(42)62)57(13,14)15;/h16-26,28-33,62H,1-15H3;/q-1;. The van der Waals surface area contributed by atoms with Crippen molar-refractivity contribution in [3.8, 4) is 62.5 Å². The summed E-state index contributed by atoms with van der Waals surface area (Å²) in [5, 5.41) is 22.8. The molecule has 0 saturated heterocycles. The molecule has 0 aliphatic heterocycles. The largest absolute Gasteiger partial charge is 0.507 e. The topological polar surface area (TPSA) is 74.7 Å². The van der Waals surface area contributed by atoms with Crippen LogP contribution in [0.15, 0.2) is 103 Å². The molecule has 0 saturated carbocycles. The normalized spacial score (nSPS) is 12.6. The second-order valence-corrected chi connectivity index (χ2v) is 22.1. The van der Waals surface area contributed by atoms with E-state index in [4.69, 9.17) is 9.97 Å². The molecule has 0 spiro atoms. The molecule has 5 nitrogen and oxygen atoms in total. The summed E-state index contributed by atoms with van der Waals surface area (Å²) < 4.78 is 2.30. The number of hydrogen-bond acceptors (Lipinski definition) is 4. The van der Waals surface area contributed by atoms with Gasteiger partial charge in [-0.25, -0.2) is 0 Å². The average Bonchev–Trinajstić information content (AvgIpc) is 3.58. The molecule has 1 N–H and O–H groups in total. The molecule has 0 atom stereocenters. The molecule has 7 rings (SSSR count). The predicted molar refractivity (Wildman–Crippen MR) is 259 cm³/mol. The number of aromatic nitrogens is 3. The minimum Gasteiger partial charge on any atom is -0.507 e. The summed E-state index contributed by atoms with van der Waals surface area (Å²) in [6, 6.07) is 42.8. The van der Waals surface area contributed by atoms with Crippen LogP contribution in [0.25, 0.3) is 61.8 Å². The van der Waals surface area contributed by atoms with Gasteiger partial charge in [0.1, 0.15) is 5.75 Å². The Labute approximate surface area is 390 Å². The number of nitriles is 1. The van der Waals surface area contributed by atoms with Crippen LogP contribution in [0.2, 0.25) is 0 Å². The summed E-state index contributed by atoms with van der Waals surface area (Å²) in [7, 11) is 0. The van der Waals surface area contributed by atoms with Gasteiger partial charge in [0.2, 0.25) is 0 Å². The van der Waals surface area contributed by atoms with Crippen molar-refractivity contribution in [2.24, 2.45) is 0 Å². The van der Waals surface area contributed by atoms with E-state index in [1.165, 1.54) is 5.56 Å². The quantitative estimate of drug-likeness (QED) is 0.174. The number of aromatic hydroxyl groups is 1. The zero-order valence-electron chi connectivity index (χ0n) is 39.9. The molecule has 63 heavy (non-hydrogen) atoms. The Morgan fingerprint density at radius 1 is 0.556 bits per heavy atom. The number of phenols is 1. The minimum atomic E-state index is -0.502. The molecule has 0 amide bonds. The zero-order valence-corrected chi connectivity index (χ0v) is 42.1. The molecular formula is C57H63N4OPt-. The summed E-state index contributed by atoms with van der Waals surface area (Å²) in [4.78, 5) is 10.8. The number of rotatable bonds is 5. The number of phenolic OH excluding ortho intramolecular Hbond substituents is 1. The Balaban J connectivity index is 0.00000661. The van der Waals surface area contributed by atoms with E-state index in [2.05, 4.69) is 191 Å². The molecule has 0 aliphatic carbocycles. The Kier molecular flexibility index (Phi) is 12.5. The van der Waals surface area contributed by atoms with Crippen LogP contribution >= 0.6 is 0 Å². The van der Waals surface area contributed by atoms with Crippen LogP contribution in [0.5, 0.6) is 5.75 Å². The molecule has 0 unspecified atom stereocenters. The van der Waals surface area contributed by atoms with Crippen LogP contribution in [0.1, 0.15) is 137 Å². The third-order valence-corrected chi connectivity index (χ3v) is 11.9. The molecule has 0 fully saturated rings. The number of para-hydroxylation sites is 2. The molecule has 6 heteroatoms. The Hall–Kier alpha value is -5.30. The van der Waals surface area contributed by atoms with Gasteiger partial charge in [0.25, 0.3) is 0 Å². The van der Waals surface area contributed by atoms with Crippen molar-refractivity contribution >= 4 is 11.0 Å². The van der Waals surface area contributed by atoms with E-state index in [1.807, 2.05) is 32.9 Å². The second-order valence-electron chi connectivity index (χ2n) is 22.1. The van der Waals surface area contributed by atoms with Crippen LogP contribution < -0.4 is 0 Å². The van der Waals surface area contributed by atoms with E-state index in [0.717, 1.165) is 67.2 Å². The number of pyridine rings is 1. The van der Waals surface area contributed by atoms with E-state index in [1.54, 1.807) is 0 Å². The summed E-state index contributed by atoms with van der Waals surface area (Å²) in [6.45, 7) is 32.6. The number of fused-ring (bicyclic) bond motifs is 1. The van der Waals surface area contributed by atoms with Crippen molar-refractivity contribution in [3.63, 3.8) is 0 Å². The van der Waals surface area contributed by atoms with Crippen molar-refractivity contribution in [2.75, 3.05) is 0 Å². The smallest absolute Gasteiger partial charge is 0.130 e. The molecule has 2 heterocycles. The first-order valence-corrected chi connectivity index (χ1v) is 21.9. The average molecular weight is 1020 g/mol. The Morgan fingerprint density at radius 3 is 1.71 bits per heavy atom. The van der Waals surface area contributed by atoms with Crippen LogP contribution in [-0.4, -0.2) is 19.6 Å². The molecule has 328 valence electrons. The van der Waals surface area contributed by atoms with Crippen LogP contribution in [0.4, 0.5) is 0 Å². The van der Waals surface area contributed by atoms with Gasteiger partial charge >= 0.3 is 0 Å². The molecule has 0 bridgehead atoms. The fourth-order valence-corrected chi connectivity index (χ4v) is 8.30. The van der Waals surface area contributed by atoms with Gasteiger partial charge in [0.15, 0.2) is 0 Å². The summed E-state index contributed by atoms with van der Waals surface area (Å²) in [6.07, 6.45) is 0. The van der Waals surface area contributed by atoms with E-state index in [-0.39, 0.29) is 48.5 Å². The first kappa shape index (κ1) is 47.2. The van der Waals surface area contributed by atoms with Crippen molar-refractivity contribution in [3.05, 3.63) is 143 Å². The zero-order chi connectivity index (χ0) is 45.3. The van der Waals surface area contributed by atoms with Gasteiger partial charge in [-0.3, -0.25) is 9.97 Å². The molecule has 0 aliphatic rings. The van der Waals surface area contributed by atoms with Crippen molar-refractivity contribution in [1.82, 2.24) is 14.5 Å². The summed E-state index contributed by atoms with van der Waals surface area (Å²) in [5.41, 5.74) is 13.1. The predicted octanol–water partition coefficient (Wildman–Crippen LogP) is 15.0. The third kappa shape index (κ3) is 9.35. The number of imidazole rings is 1. The van der Waals surface area contributed by atoms with Crippen molar-refractivity contribution < 1.29 is 26.2 Å². The molecule has 7 aromatic rings. The Morgan fingerprint density at radius 2 is 1.13 bits per heavy atom. The third-order valence-electron chi connectivity index (χ3n) is 11.9. The van der Waals surface area contributed by atoms with Gasteiger partial charge in [-0.15, -0.1) is 23.8 Å². The second kappa shape index (κ2) is 16.7. The van der Waals surface area contributed by atoms with E-state index < -0.39 is 5.41 Å². The van der Waals surface area contributed by atoms with Crippen molar-refractivity contribution in [1.29, 1.82) is 5.26 Å². The first-order chi connectivity index (χ1) is 28.8. The van der Waals surface area contributed by atoms with E-state index in [0.29, 0.717) is 22.4 Å². The summed E-state index contributed by atoms with van der Waals surface area (Å²) in [5.74, 6) is 0.890. The maximum absolute atomic E-state index is 12.2. The molecule has 0 radical (unpaired) electrons. The monoisotopic (exact) mass is 1010 g/mol. The van der Waals surface area contributed by atoms with Gasteiger partial charge in [-0.1, -0.05) is 170 Å². The first-order valence-electron chi connectivity index (χ1n) is 21.9. The van der Waals surface area contributed by atoms with Crippen LogP contribution in [0.3, 0.4) is 0 Å². The van der Waals surface area contributed by atoms with Gasteiger partial charge in [-0.2, -0.15) is 5.26 Å². The van der Waals surface area contributed by atoms with Gasteiger partial charge < -0.3 is 9.67 Å². The van der Waals surface area contributed by atoms with Crippen LogP contribution in [-0.2, 0) is 48.1 Å². The van der Waals surface area contributed by atoms with E-state index >= 15 is 0 Å². The van der Waals surface area contributed by atoms with Gasteiger partial charge in [0, 0.05) is 49.1 Å². The molecule has 5 aromatic carbocycles. The molecular weight excluding hydrogens is 952 g/mol.